The predicted molar refractivity (Wildman–Crippen MR) is 117 cm³/mol. The van der Waals surface area contributed by atoms with Crippen molar-refractivity contribution in [2.75, 3.05) is 0 Å². The molecule has 150 valence electrons. The van der Waals surface area contributed by atoms with E-state index in [0.717, 1.165) is 59.2 Å². The molecule has 4 amide bonds. The summed E-state index contributed by atoms with van der Waals surface area (Å²) in [4.78, 5) is 39.7. The predicted octanol–water partition coefficient (Wildman–Crippen LogP) is 4.79. The zero-order valence-electron chi connectivity index (χ0n) is 16.6. The third kappa shape index (κ3) is 3.07. The van der Waals surface area contributed by atoms with Gasteiger partial charge in [-0.25, -0.2) is 4.79 Å². The number of nitrogens with zero attached hydrogens (tertiary/aromatic N) is 1. The zero-order chi connectivity index (χ0) is 20.7. The van der Waals surface area contributed by atoms with Gasteiger partial charge in [-0.15, -0.1) is 0 Å². The van der Waals surface area contributed by atoms with Crippen molar-refractivity contribution in [2.24, 2.45) is 0 Å². The van der Waals surface area contributed by atoms with Gasteiger partial charge in [-0.1, -0.05) is 67.8 Å². The van der Waals surface area contributed by atoms with E-state index in [0.29, 0.717) is 0 Å². The van der Waals surface area contributed by atoms with Crippen molar-refractivity contribution in [2.45, 2.75) is 38.1 Å². The number of fused-ring (bicyclic) bond motifs is 2. The Hall–Kier alpha value is -3.47. The van der Waals surface area contributed by atoms with Crippen molar-refractivity contribution >= 4 is 45.5 Å². The molecule has 0 spiro atoms. The Labute approximate surface area is 174 Å². The normalized spacial score (nSPS) is 19.7. The van der Waals surface area contributed by atoms with Crippen LogP contribution in [0.4, 0.5) is 4.79 Å². The van der Waals surface area contributed by atoms with Crippen molar-refractivity contribution < 1.29 is 14.4 Å². The zero-order valence-corrected chi connectivity index (χ0v) is 16.6. The third-order valence-electron chi connectivity index (χ3n) is 6.17. The lowest BCUT2D eigenvalue weighted by molar-refractivity contribution is -0.132. The molecule has 2 aliphatic rings. The number of urea groups is 1. The van der Waals surface area contributed by atoms with Crippen LogP contribution < -0.4 is 5.32 Å². The minimum Gasteiger partial charge on any atom is -0.273 e. The molecule has 1 saturated heterocycles. The molecule has 3 aromatic rings. The number of carbonyl (C=O) groups is 3. The third-order valence-corrected chi connectivity index (χ3v) is 6.17. The Morgan fingerprint density at radius 1 is 0.833 bits per heavy atom. The van der Waals surface area contributed by atoms with Crippen LogP contribution >= 0.6 is 0 Å². The number of rotatable bonds is 2. The van der Waals surface area contributed by atoms with E-state index in [1.54, 1.807) is 6.08 Å². The monoisotopic (exact) mass is 398 g/mol. The van der Waals surface area contributed by atoms with E-state index in [9.17, 15) is 14.4 Å². The average molecular weight is 398 g/mol. The minimum absolute atomic E-state index is 0.0154. The molecule has 2 fully saturated rings. The molecular weight excluding hydrogens is 376 g/mol. The van der Waals surface area contributed by atoms with Crippen molar-refractivity contribution in [3.05, 3.63) is 65.7 Å². The number of hydrogen-bond acceptors (Lipinski definition) is 3. The highest BCUT2D eigenvalue weighted by atomic mass is 16.2. The highest BCUT2D eigenvalue weighted by molar-refractivity contribution is 6.32. The van der Waals surface area contributed by atoms with E-state index in [1.165, 1.54) is 4.90 Å². The van der Waals surface area contributed by atoms with Gasteiger partial charge in [-0.3, -0.25) is 19.8 Å². The van der Waals surface area contributed by atoms with Crippen LogP contribution in [0.5, 0.6) is 0 Å². The lowest BCUT2D eigenvalue weighted by atomic mass is 9.92. The first-order valence-corrected chi connectivity index (χ1v) is 10.4. The van der Waals surface area contributed by atoms with Gasteiger partial charge in [0.1, 0.15) is 5.57 Å². The van der Waals surface area contributed by atoms with Gasteiger partial charge in [0.2, 0.25) is 0 Å². The summed E-state index contributed by atoms with van der Waals surface area (Å²) in [5.74, 6) is -1.12. The highest BCUT2D eigenvalue weighted by Crippen LogP contribution is 2.32. The minimum atomic E-state index is -0.630. The maximum Gasteiger partial charge on any atom is 0.331 e. The molecule has 1 saturated carbocycles. The molecule has 1 N–H and O–H groups in total. The molecule has 0 unspecified atom stereocenters. The SMILES string of the molecule is O=C1NC(=O)N(C2CCCCC2)C(=O)/C1=C\c1c2ccccc2cc2ccccc12. The maximum absolute atomic E-state index is 13.3. The largest absolute Gasteiger partial charge is 0.331 e. The fraction of sp³-hybridized carbons (Fsp3) is 0.240. The second-order valence-corrected chi connectivity index (χ2v) is 8.02. The first kappa shape index (κ1) is 18.6. The summed E-state index contributed by atoms with van der Waals surface area (Å²) in [5, 5.41) is 6.38. The van der Waals surface area contributed by atoms with Gasteiger partial charge in [-0.2, -0.15) is 0 Å². The van der Waals surface area contributed by atoms with Crippen molar-refractivity contribution in [1.82, 2.24) is 10.2 Å². The molecule has 3 aromatic carbocycles. The molecule has 5 heteroatoms. The Morgan fingerprint density at radius 2 is 1.43 bits per heavy atom. The number of benzene rings is 3. The standard InChI is InChI=1S/C25H22N2O3/c28-23-22(24(29)27(25(30)26-23)18-10-2-1-3-11-18)15-21-19-12-6-4-8-16(19)14-17-9-5-7-13-20(17)21/h4-9,12-15,18H,1-3,10-11H2,(H,26,28,30)/b22-15-. The summed E-state index contributed by atoms with van der Waals surface area (Å²) in [6.07, 6.45) is 6.33. The summed E-state index contributed by atoms with van der Waals surface area (Å²) >= 11 is 0. The molecule has 5 nitrogen and oxygen atoms in total. The highest BCUT2D eigenvalue weighted by Gasteiger charge is 2.40. The van der Waals surface area contributed by atoms with E-state index < -0.39 is 17.8 Å². The van der Waals surface area contributed by atoms with Gasteiger partial charge < -0.3 is 0 Å². The van der Waals surface area contributed by atoms with Gasteiger partial charge in [-0.05, 0) is 52.1 Å². The van der Waals surface area contributed by atoms with Crippen LogP contribution in [0.3, 0.4) is 0 Å². The van der Waals surface area contributed by atoms with Crippen LogP contribution in [0.1, 0.15) is 37.7 Å². The molecule has 0 bridgehead atoms. The second kappa shape index (κ2) is 7.41. The number of nitrogens with one attached hydrogen (secondary N) is 1. The van der Waals surface area contributed by atoms with Crippen LogP contribution in [0.15, 0.2) is 60.2 Å². The van der Waals surface area contributed by atoms with E-state index >= 15 is 0 Å². The number of carbonyl (C=O) groups excluding carboxylic acids is 3. The molecule has 30 heavy (non-hydrogen) atoms. The van der Waals surface area contributed by atoms with Crippen LogP contribution in [-0.4, -0.2) is 28.8 Å². The number of amides is 4. The summed E-state index contributed by atoms with van der Waals surface area (Å²) in [6, 6.07) is 17.2. The topological polar surface area (TPSA) is 66.5 Å². The maximum atomic E-state index is 13.3. The lowest BCUT2D eigenvalue weighted by Gasteiger charge is -2.35. The number of imide groups is 2. The molecule has 0 radical (unpaired) electrons. The number of barbiturate groups is 1. The van der Waals surface area contributed by atoms with Gasteiger partial charge in [0.05, 0.1) is 0 Å². The number of hydrogen-bond donors (Lipinski definition) is 1. The smallest absolute Gasteiger partial charge is 0.273 e. The van der Waals surface area contributed by atoms with E-state index in [1.807, 2.05) is 48.5 Å². The van der Waals surface area contributed by atoms with Crippen molar-refractivity contribution in [1.29, 1.82) is 0 Å². The molecular formula is C25H22N2O3. The van der Waals surface area contributed by atoms with Crippen LogP contribution in [-0.2, 0) is 9.59 Å². The van der Waals surface area contributed by atoms with Gasteiger partial charge >= 0.3 is 6.03 Å². The first-order chi connectivity index (χ1) is 14.6. The molecule has 0 aromatic heterocycles. The van der Waals surface area contributed by atoms with E-state index in [2.05, 4.69) is 11.4 Å². The quantitative estimate of drug-likeness (QED) is 0.383. The van der Waals surface area contributed by atoms with Crippen LogP contribution in [0.2, 0.25) is 0 Å². The Balaban J connectivity index is 1.67. The summed E-state index contributed by atoms with van der Waals surface area (Å²) in [6.45, 7) is 0. The van der Waals surface area contributed by atoms with E-state index in [-0.39, 0.29) is 11.6 Å². The Kier molecular flexibility index (Phi) is 4.58. The first-order valence-electron chi connectivity index (χ1n) is 10.4. The second-order valence-electron chi connectivity index (χ2n) is 8.02. The van der Waals surface area contributed by atoms with Crippen LogP contribution in [0.25, 0.3) is 27.6 Å². The summed E-state index contributed by atoms with van der Waals surface area (Å²) in [5.41, 5.74) is 0.835. The van der Waals surface area contributed by atoms with Crippen molar-refractivity contribution in [3.8, 4) is 0 Å². The molecule has 1 aliphatic carbocycles. The van der Waals surface area contributed by atoms with Gasteiger partial charge in [0, 0.05) is 6.04 Å². The molecule has 0 atom stereocenters. The fourth-order valence-corrected chi connectivity index (χ4v) is 4.69. The fourth-order valence-electron chi connectivity index (χ4n) is 4.69. The van der Waals surface area contributed by atoms with Crippen LogP contribution in [0, 0.1) is 0 Å². The Bertz CT molecular complexity index is 1170. The summed E-state index contributed by atoms with van der Waals surface area (Å²) in [7, 11) is 0. The Morgan fingerprint density at radius 3 is 2.07 bits per heavy atom. The molecule has 5 rings (SSSR count). The average Bonchev–Trinajstić information content (AvgIpc) is 2.76. The van der Waals surface area contributed by atoms with Gasteiger partial charge in [0.15, 0.2) is 0 Å². The lowest BCUT2D eigenvalue weighted by Crippen LogP contribution is -2.58. The molecule has 1 aliphatic heterocycles. The summed E-state index contributed by atoms with van der Waals surface area (Å²) < 4.78 is 0. The van der Waals surface area contributed by atoms with Gasteiger partial charge in [0.25, 0.3) is 11.8 Å². The van der Waals surface area contributed by atoms with E-state index in [4.69, 9.17) is 0 Å². The molecule has 1 heterocycles. The van der Waals surface area contributed by atoms with Crippen molar-refractivity contribution in [3.63, 3.8) is 0 Å².